The number of benzene rings is 1. The van der Waals surface area contributed by atoms with Crippen LogP contribution in [0, 0.1) is 0 Å². The Morgan fingerprint density at radius 2 is 2.17 bits per heavy atom. The Morgan fingerprint density at radius 3 is 2.78 bits per heavy atom. The molecule has 4 nitrogen and oxygen atoms in total. The second-order valence-corrected chi connectivity index (χ2v) is 9.19. The summed E-state index contributed by atoms with van der Waals surface area (Å²) in [5.41, 5.74) is 1.29. The van der Waals surface area contributed by atoms with E-state index in [1.165, 1.54) is 0 Å². The van der Waals surface area contributed by atoms with Crippen molar-refractivity contribution < 1.29 is 14.1 Å². The van der Waals surface area contributed by atoms with Crippen LogP contribution in [0.25, 0.3) is 0 Å². The molecule has 2 rings (SSSR count). The molecular formula is C17H24ClNO3S. The minimum atomic E-state index is -1.30. The molecule has 2 atom stereocenters. The molecule has 0 saturated carbocycles. The lowest BCUT2D eigenvalue weighted by Crippen LogP contribution is -2.51. The molecule has 0 bridgehead atoms. The molecule has 1 N–H and O–H groups in total. The molecule has 0 amide bonds. The third-order valence-corrected chi connectivity index (χ3v) is 6.07. The Kier molecular flexibility index (Phi) is 5.67. The molecule has 6 heteroatoms. The Bertz CT molecular complexity index is 588. The van der Waals surface area contributed by atoms with Crippen LogP contribution in [0.3, 0.4) is 0 Å². The molecule has 0 aromatic heterocycles. The highest BCUT2D eigenvalue weighted by atomic mass is 35.5. The van der Waals surface area contributed by atoms with E-state index in [0.717, 1.165) is 17.5 Å². The van der Waals surface area contributed by atoms with Crippen LogP contribution in [0.1, 0.15) is 51.7 Å². The number of halogens is 1. The standard InChI is InChI=1S/C17H24ClNO3S/c1-5-22-15(20)11-17(19-23(21)16(2,3)4)10-9-12-13(17)7-6-8-14(12)18/h6-8,19H,5,9-11H2,1-4H3/t17-,23?/m0/s1. The van der Waals surface area contributed by atoms with Gasteiger partial charge in [-0.25, -0.2) is 0 Å². The second-order valence-electron chi connectivity index (χ2n) is 6.81. The third kappa shape index (κ3) is 4.02. The number of hydrogen-bond acceptors (Lipinski definition) is 4. The quantitative estimate of drug-likeness (QED) is 0.647. The van der Waals surface area contributed by atoms with Crippen molar-refractivity contribution in [3.63, 3.8) is 0 Å². The fourth-order valence-electron chi connectivity index (χ4n) is 2.85. The smallest absolute Gasteiger partial charge is 0.308 e. The molecule has 0 heterocycles. The number of rotatable bonds is 5. The number of carbonyl (C=O) groups excluding carboxylic acids is 1. The van der Waals surface area contributed by atoms with Crippen LogP contribution >= 0.6 is 11.6 Å². The lowest BCUT2D eigenvalue weighted by atomic mass is 9.89. The highest BCUT2D eigenvalue weighted by molar-refractivity contribution is 7.90. The van der Waals surface area contributed by atoms with Crippen molar-refractivity contribution in [3.05, 3.63) is 34.3 Å². The maximum Gasteiger partial charge on any atom is 0.308 e. The average Bonchev–Trinajstić information content (AvgIpc) is 2.78. The number of ether oxygens (including phenoxy) is 1. The van der Waals surface area contributed by atoms with E-state index in [2.05, 4.69) is 4.72 Å². The second kappa shape index (κ2) is 7.01. The first-order chi connectivity index (χ1) is 10.7. The monoisotopic (exact) mass is 357 g/mol. The first-order valence-corrected chi connectivity index (χ1v) is 9.35. The van der Waals surface area contributed by atoms with Gasteiger partial charge in [0.2, 0.25) is 0 Å². The van der Waals surface area contributed by atoms with Crippen LogP contribution in [0.2, 0.25) is 5.02 Å². The Morgan fingerprint density at radius 1 is 1.48 bits per heavy atom. The Hall–Kier alpha value is -0.750. The van der Waals surface area contributed by atoms with Crippen molar-refractivity contribution in [2.45, 2.75) is 57.2 Å². The van der Waals surface area contributed by atoms with Crippen molar-refractivity contribution in [1.29, 1.82) is 0 Å². The van der Waals surface area contributed by atoms with Crippen molar-refractivity contribution in [1.82, 2.24) is 4.72 Å². The average molecular weight is 358 g/mol. The van der Waals surface area contributed by atoms with E-state index in [1.807, 2.05) is 39.0 Å². The molecule has 128 valence electrons. The number of esters is 1. The fraction of sp³-hybridized carbons (Fsp3) is 0.588. The number of carbonyl (C=O) groups is 1. The summed E-state index contributed by atoms with van der Waals surface area (Å²) in [5.74, 6) is -0.293. The summed E-state index contributed by atoms with van der Waals surface area (Å²) in [4.78, 5) is 12.1. The van der Waals surface area contributed by atoms with Crippen molar-refractivity contribution in [2.75, 3.05) is 6.61 Å². The largest absolute Gasteiger partial charge is 0.598 e. The summed E-state index contributed by atoms with van der Waals surface area (Å²) in [5, 5.41) is 0.691. The molecule has 0 saturated heterocycles. The maximum atomic E-state index is 12.7. The zero-order valence-electron chi connectivity index (χ0n) is 14.1. The van der Waals surface area contributed by atoms with Crippen LogP contribution < -0.4 is 4.72 Å². The molecule has 1 unspecified atom stereocenters. The predicted molar refractivity (Wildman–Crippen MR) is 93.7 cm³/mol. The summed E-state index contributed by atoms with van der Waals surface area (Å²) in [6.07, 6.45) is 1.57. The molecule has 1 aromatic rings. The summed E-state index contributed by atoms with van der Waals surface area (Å²) >= 11 is 5.00. The molecule has 23 heavy (non-hydrogen) atoms. The van der Waals surface area contributed by atoms with E-state index >= 15 is 0 Å². The van der Waals surface area contributed by atoms with Crippen LogP contribution in [0.15, 0.2) is 18.2 Å². The van der Waals surface area contributed by atoms with Gasteiger partial charge in [-0.2, -0.15) is 0 Å². The normalized spacial score (nSPS) is 21.8. The lowest BCUT2D eigenvalue weighted by molar-refractivity contribution is -0.144. The Balaban J connectivity index is 2.39. The van der Waals surface area contributed by atoms with Gasteiger partial charge in [-0.1, -0.05) is 23.7 Å². The molecule has 0 aliphatic heterocycles. The summed E-state index contributed by atoms with van der Waals surface area (Å²) in [7, 11) is 0. The molecular weight excluding hydrogens is 334 g/mol. The van der Waals surface area contributed by atoms with Gasteiger partial charge in [0.25, 0.3) is 0 Å². The van der Waals surface area contributed by atoms with E-state index < -0.39 is 21.6 Å². The molecule has 0 radical (unpaired) electrons. The highest BCUT2D eigenvalue weighted by Gasteiger charge is 2.47. The molecule has 1 aliphatic carbocycles. The minimum absolute atomic E-state index is 0.149. The Labute approximate surface area is 146 Å². The first kappa shape index (κ1) is 18.6. The van der Waals surface area contributed by atoms with Gasteiger partial charge in [0.05, 0.1) is 18.6 Å². The molecule has 1 aromatic carbocycles. The van der Waals surface area contributed by atoms with E-state index in [9.17, 15) is 9.35 Å². The van der Waals surface area contributed by atoms with Gasteiger partial charge in [-0.05, 0) is 57.7 Å². The van der Waals surface area contributed by atoms with Crippen LogP contribution in [0.4, 0.5) is 0 Å². The van der Waals surface area contributed by atoms with Gasteiger partial charge in [0.15, 0.2) is 0 Å². The molecule has 0 spiro atoms. The minimum Gasteiger partial charge on any atom is -0.598 e. The van der Waals surface area contributed by atoms with E-state index in [0.29, 0.717) is 18.1 Å². The van der Waals surface area contributed by atoms with E-state index in [-0.39, 0.29) is 12.4 Å². The van der Waals surface area contributed by atoms with Gasteiger partial charge in [0.1, 0.15) is 4.75 Å². The lowest BCUT2D eigenvalue weighted by Gasteiger charge is -2.35. The van der Waals surface area contributed by atoms with Crippen LogP contribution in [-0.2, 0) is 32.9 Å². The molecule has 1 aliphatic rings. The van der Waals surface area contributed by atoms with Gasteiger partial charge < -0.3 is 9.29 Å². The summed E-state index contributed by atoms with van der Waals surface area (Å²) in [6, 6.07) is 5.68. The van der Waals surface area contributed by atoms with Gasteiger partial charge >= 0.3 is 5.97 Å². The first-order valence-electron chi connectivity index (χ1n) is 7.83. The van der Waals surface area contributed by atoms with E-state index in [1.54, 1.807) is 6.92 Å². The van der Waals surface area contributed by atoms with E-state index in [4.69, 9.17) is 16.3 Å². The fourth-order valence-corrected chi connectivity index (χ4v) is 4.06. The number of nitrogens with one attached hydrogen (secondary N) is 1. The predicted octanol–water partition coefficient (Wildman–Crippen LogP) is 3.49. The third-order valence-electron chi connectivity index (χ3n) is 4.03. The SMILES string of the molecule is CCOC(=O)C[C@@]1(N[S+]([O-])C(C)(C)C)CCc2c(Cl)cccc21. The van der Waals surface area contributed by atoms with Crippen molar-refractivity contribution in [2.24, 2.45) is 0 Å². The number of fused-ring (bicyclic) bond motifs is 1. The summed E-state index contributed by atoms with van der Waals surface area (Å²) < 4.78 is 20.6. The van der Waals surface area contributed by atoms with Gasteiger partial charge in [-0.3, -0.25) is 4.79 Å². The number of hydrogen-bond donors (Lipinski definition) is 1. The highest BCUT2D eigenvalue weighted by Crippen LogP contribution is 2.43. The van der Waals surface area contributed by atoms with Crippen LogP contribution in [-0.4, -0.2) is 21.9 Å². The zero-order chi connectivity index (χ0) is 17.3. The van der Waals surface area contributed by atoms with Crippen molar-refractivity contribution >= 4 is 28.9 Å². The van der Waals surface area contributed by atoms with Crippen LogP contribution in [0.5, 0.6) is 0 Å². The zero-order valence-corrected chi connectivity index (χ0v) is 15.6. The topological polar surface area (TPSA) is 61.4 Å². The maximum absolute atomic E-state index is 12.7. The van der Waals surface area contributed by atoms with Gasteiger partial charge in [-0.15, -0.1) is 4.72 Å². The van der Waals surface area contributed by atoms with Crippen molar-refractivity contribution in [3.8, 4) is 0 Å². The molecule has 0 fully saturated rings. The summed E-state index contributed by atoms with van der Waals surface area (Å²) in [6.45, 7) is 7.83. The van der Waals surface area contributed by atoms with Gasteiger partial charge in [0, 0.05) is 16.4 Å².